The van der Waals surface area contributed by atoms with Crippen molar-refractivity contribution < 1.29 is 13.2 Å². The minimum Gasteiger partial charge on any atom is -0.322 e. The summed E-state index contributed by atoms with van der Waals surface area (Å²) in [5.74, 6) is -0.375. The first kappa shape index (κ1) is 21.7. The first-order valence-electron chi connectivity index (χ1n) is 9.20. The van der Waals surface area contributed by atoms with Gasteiger partial charge in [-0.15, -0.1) is 18.3 Å². The third kappa shape index (κ3) is 4.93. The third-order valence-electron chi connectivity index (χ3n) is 4.35. The van der Waals surface area contributed by atoms with Crippen molar-refractivity contribution >= 4 is 39.1 Å². The number of hydrogen-bond acceptors (Lipinski definition) is 4. The van der Waals surface area contributed by atoms with Gasteiger partial charge in [-0.25, -0.2) is 8.42 Å². The Morgan fingerprint density at radius 3 is 2.47 bits per heavy atom. The SMILES string of the molecule is C=CCN(c1ccccc1)S(=O)(=O)c1cccc(C(=O)Nc2cccc(SC)c2)c1. The van der Waals surface area contributed by atoms with Gasteiger partial charge in [0.25, 0.3) is 15.9 Å². The summed E-state index contributed by atoms with van der Waals surface area (Å²) in [7, 11) is -3.88. The van der Waals surface area contributed by atoms with Gasteiger partial charge in [0.2, 0.25) is 0 Å². The van der Waals surface area contributed by atoms with Gasteiger partial charge in [0, 0.05) is 16.1 Å². The van der Waals surface area contributed by atoms with Crippen LogP contribution in [0.5, 0.6) is 0 Å². The number of thioether (sulfide) groups is 1. The fraction of sp³-hybridized carbons (Fsp3) is 0.0870. The van der Waals surface area contributed by atoms with Crippen LogP contribution in [0, 0.1) is 0 Å². The molecule has 0 unspecified atom stereocenters. The van der Waals surface area contributed by atoms with E-state index < -0.39 is 10.0 Å². The van der Waals surface area contributed by atoms with Crippen LogP contribution in [-0.4, -0.2) is 27.1 Å². The quantitative estimate of drug-likeness (QED) is 0.395. The van der Waals surface area contributed by atoms with Crippen LogP contribution in [0.1, 0.15) is 10.4 Å². The number of benzene rings is 3. The molecule has 0 aliphatic rings. The number of nitrogens with one attached hydrogen (secondary N) is 1. The van der Waals surface area contributed by atoms with Gasteiger partial charge in [0.05, 0.1) is 17.1 Å². The molecular formula is C23H22N2O3S2. The van der Waals surface area contributed by atoms with Crippen molar-refractivity contribution in [3.05, 3.63) is 97.1 Å². The average molecular weight is 439 g/mol. The second-order valence-corrected chi connectivity index (χ2v) is 9.12. The molecule has 0 saturated carbocycles. The molecule has 7 heteroatoms. The van der Waals surface area contributed by atoms with Crippen LogP contribution in [0.2, 0.25) is 0 Å². The lowest BCUT2D eigenvalue weighted by molar-refractivity contribution is 0.102. The molecule has 0 fully saturated rings. The van der Waals surface area contributed by atoms with Crippen molar-refractivity contribution in [1.29, 1.82) is 0 Å². The van der Waals surface area contributed by atoms with Crippen LogP contribution in [0.15, 0.2) is 101 Å². The number of anilines is 2. The summed E-state index contributed by atoms with van der Waals surface area (Å²) in [6.07, 6.45) is 3.48. The molecule has 3 aromatic rings. The first-order chi connectivity index (χ1) is 14.5. The molecule has 30 heavy (non-hydrogen) atoms. The lowest BCUT2D eigenvalue weighted by Gasteiger charge is -2.23. The highest BCUT2D eigenvalue weighted by atomic mass is 32.2. The number of carbonyl (C=O) groups is 1. The van der Waals surface area contributed by atoms with Gasteiger partial charge in [-0.3, -0.25) is 9.10 Å². The van der Waals surface area contributed by atoms with E-state index >= 15 is 0 Å². The van der Waals surface area contributed by atoms with Gasteiger partial charge in [-0.05, 0) is 54.8 Å². The van der Waals surface area contributed by atoms with Crippen LogP contribution < -0.4 is 9.62 Å². The van der Waals surface area contributed by atoms with Gasteiger partial charge in [-0.1, -0.05) is 36.4 Å². The summed E-state index contributed by atoms with van der Waals surface area (Å²) in [5.41, 5.74) is 1.44. The molecule has 5 nitrogen and oxygen atoms in total. The van der Waals surface area contributed by atoms with Gasteiger partial charge < -0.3 is 5.32 Å². The Balaban J connectivity index is 1.91. The van der Waals surface area contributed by atoms with E-state index in [2.05, 4.69) is 11.9 Å². The molecule has 3 rings (SSSR count). The molecule has 0 spiro atoms. The molecular weight excluding hydrogens is 416 g/mol. The molecule has 3 aromatic carbocycles. The zero-order valence-corrected chi connectivity index (χ0v) is 18.1. The van der Waals surface area contributed by atoms with E-state index in [4.69, 9.17) is 0 Å². The highest BCUT2D eigenvalue weighted by Crippen LogP contribution is 2.25. The van der Waals surface area contributed by atoms with Gasteiger partial charge >= 0.3 is 0 Å². The number of amides is 1. The molecule has 0 aliphatic heterocycles. The van der Waals surface area contributed by atoms with Crippen molar-refractivity contribution in [2.24, 2.45) is 0 Å². The molecule has 1 amide bonds. The maximum Gasteiger partial charge on any atom is 0.264 e. The van der Waals surface area contributed by atoms with E-state index in [-0.39, 0.29) is 22.9 Å². The molecule has 0 heterocycles. The van der Waals surface area contributed by atoms with Crippen LogP contribution in [-0.2, 0) is 10.0 Å². The summed E-state index contributed by atoms with van der Waals surface area (Å²) < 4.78 is 27.8. The van der Waals surface area contributed by atoms with Gasteiger partial charge in [0.15, 0.2) is 0 Å². The van der Waals surface area contributed by atoms with Crippen molar-refractivity contribution in [3.63, 3.8) is 0 Å². The minimum absolute atomic E-state index is 0.0405. The number of para-hydroxylation sites is 1. The molecule has 0 bridgehead atoms. The van der Waals surface area contributed by atoms with E-state index in [0.29, 0.717) is 11.4 Å². The summed E-state index contributed by atoms with van der Waals surface area (Å²) >= 11 is 1.57. The highest BCUT2D eigenvalue weighted by Gasteiger charge is 2.24. The predicted octanol–water partition coefficient (Wildman–Crippen LogP) is 5.04. The Hall–Kier alpha value is -3.03. The normalized spacial score (nSPS) is 11.0. The highest BCUT2D eigenvalue weighted by molar-refractivity contribution is 7.98. The molecule has 1 N–H and O–H groups in total. The Labute approximate surface area is 181 Å². The standard InChI is InChI=1S/C23H22N2O3S2/c1-3-15-25(20-11-5-4-6-12-20)30(27,28)22-14-7-9-18(16-22)23(26)24-19-10-8-13-21(17-19)29-2/h3-14,16-17H,1,15H2,2H3,(H,24,26). The molecule has 0 aliphatic carbocycles. The minimum atomic E-state index is -3.88. The summed E-state index contributed by atoms with van der Waals surface area (Å²) in [6, 6.07) is 22.3. The third-order valence-corrected chi connectivity index (χ3v) is 6.87. The lowest BCUT2D eigenvalue weighted by atomic mass is 10.2. The van der Waals surface area contributed by atoms with Crippen molar-refractivity contribution in [3.8, 4) is 0 Å². The monoisotopic (exact) mass is 438 g/mol. The molecule has 154 valence electrons. The van der Waals surface area contributed by atoms with E-state index in [1.54, 1.807) is 54.2 Å². The second-order valence-electron chi connectivity index (χ2n) is 6.37. The number of carbonyl (C=O) groups excluding carboxylic acids is 1. The number of hydrogen-bond donors (Lipinski definition) is 1. The zero-order valence-electron chi connectivity index (χ0n) is 16.5. The fourth-order valence-electron chi connectivity index (χ4n) is 2.88. The van der Waals surface area contributed by atoms with E-state index in [1.165, 1.54) is 22.5 Å². The average Bonchev–Trinajstić information content (AvgIpc) is 2.78. The van der Waals surface area contributed by atoms with Crippen LogP contribution >= 0.6 is 11.8 Å². The molecule has 0 aromatic heterocycles. The predicted molar refractivity (Wildman–Crippen MR) is 124 cm³/mol. The van der Waals surface area contributed by atoms with Gasteiger partial charge in [0.1, 0.15) is 0 Å². The Bertz CT molecular complexity index is 1150. The number of sulfonamides is 1. The van der Waals surface area contributed by atoms with Crippen molar-refractivity contribution in [2.75, 3.05) is 22.4 Å². The fourth-order valence-corrected chi connectivity index (χ4v) is 4.82. The lowest BCUT2D eigenvalue weighted by Crippen LogP contribution is -2.31. The Kier molecular flexibility index (Phi) is 6.97. The van der Waals surface area contributed by atoms with Crippen LogP contribution in [0.4, 0.5) is 11.4 Å². The largest absolute Gasteiger partial charge is 0.322 e. The van der Waals surface area contributed by atoms with E-state index in [0.717, 1.165) is 4.90 Å². The molecule has 0 atom stereocenters. The molecule has 0 radical (unpaired) electrons. The Morgan fingerprint density at radius 2 is 1.77 bits per heavy atom. The smallest absolute Gasteiger partial charge is 0.264 e. The second kappa shape index (κ2) is 9.65. The summed E-state index contributed by atoms with van der Waals surface area (Å²) in [5, 5.41) is 2.82. The maximum atomic E-state index is 13.3. The summed E-state index contributed by atoms with van der Waals surface area (Å²) in [4.78, 5) is 13.8. The number of rotatable bonds is 8. The van der Waals surface area contributed by atoms with Crippen LogP contribution in [0.25, 0.3) is 0 Å². The topological polar surface area (TPSA) is 66.5 Å². The van der Waals surface area contributed by atoms with Crippen molar-refractivity contribution in [1.82, 2.24) is 0 Å². The Morgan fingerprint density at radius 1 is 1.03 bits per heavy atom. The van der Waals surface area contributed by atoms with Crippen LogP contribution in [0.3, 0.4) is 0 Å². The number of nitrogens with zero attached hydrogens (tertiary/aromatic N) is 1. The molecule has 0 saturated heterocycles. The van der Waals surface area contributed by atoms with E-state index in [1.807, 2.05) is 30.5 Å². The first-order valence-corrected chi connectivity index (χ1v) is 11.9. The zero-order chi connectivity index (χ0) is 21.6. The maximum absolute atomic E-state index is 13.3. The van der Waals surface area contributed by atoms with Crippen molar-refractivity contribution in [2.45, 2.75) is 9.79 Å². The summed E-state index contributed by atoms with van der Waals surface area (Å²) in [6.45, 7) is 3.78. The van der Waals surface area contributed by atoms with Gasteiger partial charge in [-0.2, -0.15) is 0 Å². The van der Waals surface area contributed by atoms with E-state index in [9.17, 15) is 13.2 Å².